The van der Waals surface area contributed by atoms with Gasteiger partial charge in [-0.2, -0.15) is 4.52 Å². The van der Waals surface area contributed by atoms with E-state index in [-0.39, 0.29) is 0 Å². The number of aromatic nitrogens is 3. The second kappa shape index (κ2) is 2.23. The smallest absolute Gasteiger partial charge is 0.129 e. The van der Waals surface area contributed by atoms with Crippen molar-refractivity contribution in [3.8, 4) is 0 Å². The summed E-state index contributed by atoms with van der Waals surface area (Å²) in [5.41, 5.74) is 0.997. The van der Waals surface area contributed by atoms with Crippen LogP contribution in [0.25, 0.3) is 5.52 Å². The molecule has 0 aliphatic carbocycles. The predicted octanol–water partition coefficient (Wildman–Crippen LogP) is 0.771. The van der Waals surface area contributed by atoms with Crippen LogP contribution in [0.2, 0.25) is 0 Å². The molecule has 0 unspecified atom stereocenters. The third kappa shape index (κ3) is 0.832. The van der Waals surface area contributed by atoms with E-state index in [1.807, 2.05) is 25.2 Å². The molecule has 2 aromatic heterocycles. The predicted molar refractivity (Wildman–Crippen MR) is 42.5 cm³/mol. The summed E-state index contributed by atoms with van der Waals surface area (Å²) in [6, 6.07) is 5.87. The van der Waals surface area contributed by atoms with Crippen molar-refractivity contribution in [3.63, 3.8) is 0 Å². The van der Waals surface area contributed by atoms with Crippen LogP contribution in [0.3, 0.4) is 0 Å². The Hall–Kier alpha value is -1.58. The van der Waals surface area contributed by atoms with Crippen LogP contribution in [0.1, 0.15) is 0 Å². The van der Waals surface area contributed by atoms with E-state index in [0.717, 1.165) is 11.3 Å². The van der Waals surface area contributed by atoms with E-state index in [9.17, 15) is 0 Å². The van der Waals surface area contributed by atoms with Gasteiger partial charge in [-0.15, -0.1) is 5.10 Å². The van der Waals surface area contributed by atoms with Crippen LogP contribution in [0, 0.1) is 0 Å². The number of anilines is 1. The first-order valence-electron chi connectivity index (χ1n) is 3.39. The minimum atomic E-state index is 0.944. The zero-order valence-electron chi connectivity index (χ0n) is 6.15. The highest BCUT2D eigenvalue weighted by atomic mass is 15.4. The Morgan fingerprint density at radius 3 is 3.18 bits per heavy atom. The number of hydrogen-bond donors (Lipinski definition) is 1. The summed E-state index contributed by atoms with van der Waals surface area (Å²) in [7, 11) is 1.86. The van der Waals surface area contributed by atoms with E-state index >= 15 is 0 Å². The molecule has 2 heterocycles. The van der Waals surface area contributed by atoms with E-state index < -0.39 is 0 Å². The van der Waals surface area contributed by atoms with Crippen LogP contribution in [0.4, 0.5) is 5.82 Å². The molecule has 0 amide bonds. The Kier molecular flexibility index (Phi) is 1.25. The Balaban J connectivity index is 2.79. The van der Waals surface area contributed by atoms with Crippen LogP contribution >= 0.6 is 0 Å². The minimum absolute atomic E-state index is 0.944. The highest BCUT2D eigenvalue weighted by molar-refractivity contribution is 5.51. The molecule has 0 fully saturated rings. The lowest BCUT2D eigenvalue weighted by molar-refractivity contribution is 0.860. The minimum Gasteiger partial charge on any atom is -0.373 e. The lowest BCUT2D eigenvalue weighted by Gasteiger charge is -2.00. The maximum Gasteiger partial charge on any atom is 0.129 e. The average Bonchev–Trinajstić information content (AvgIpc) is 2.50. The highest BCUT2D eigenvalue weighted by Crippen LogP contribution is 2.07. The van der Waals surface area contributed by atoms with Gasteiger partial charge in [0.2, 0.25) is 0 Å². The van der Waals surface area contributed by atoms with Gasteiger partial charge in [0.25, 0.3) is 0 Å². The largest absolute Gasteiger partial charge is 0.373 e. The molecule has 0 aliphatic rings. The van der Waals surface area contributed by atoms with Crippen molar-refractivity contribution in [3.05, 3.63) is 24.4 Å². The molecule has 0 bridgehead atoms. The van der Waals surface area contributed by atoms with E-state index in [1.165, 1.54) is 0 Å². The molecule has 0 radical (unpaired) electrons. The molecule has 1 N–H and O–H groups in total. The molecule has 2 rings (SSSR count). The van der Waals surface area contributed by atoms with Crippen molar-refractivity contribution in [2.45, 2.75) is 0 Å². The summed E-state index contributed by atoms with van der Waals surface area (Å²) in [5.74, 6) is 0.944. The summed E-state index contributed by atoms with van der Waals surface area (Å²) in [6.45, 7) is 0. The first-order valence-corrected chi connectivity index (χ1v) is 3.39. The molecule has 0 saturated carbocycles. The third-order valence-electron chi connectivity index (χ3n) is 1.58. The zero-order valence-corrected chi connectivity index (χ0v) is 6.15. The van der Waals surface area contributed by atoms with Crippen molar-refractivity contribution < 1.29 is 0 Å². The normalized spacial score (nSPS) is 10.3. The van der Waals surface area contributed by atoms with Gasteiger partial charge >= 0.3 is 0 Å². The summed E-state index contributed by atoms with van der Waals surface area (Å²) >= 11 is 0. The molecule has 56 valence electrons. The van der Waals surface area contributed by atoms with Crippen molar-refractivity contribution >= 4 is 11.3 Å². The fraction of sp³-hybridized carbons (Fsp3) is 0.143. The van der Waals surface area contributed by atoms with Gasteiger partial charge in [-0.3, -0.25) is 0 Å². The summed E-state index contributed by atoms with van der Waals surface area (Å²) in [6.07, 6.45) is 1.72. The van der Waals surface area contributed by atoms with Crippen LogP contribution in [0.15, 0.2) is 24.4 Å². The second-order valence-corrected chi connectivity index (χ2v) is 2.23. The lowest BCUT2D eigenvalue weighted by Crippen LogP contribution is -1.98. The molecule has 0 aromatic carbocycles. The van der Waals surface area contributed by atoms with Crippen LogP contribution in [-0.4, -0.2) is 21.9 Å². The van der Waals surface area contributed by atoms with Gasteiger partial charge in [-0.25, -0.2) is 0 Å². The molecular formula is C7H8N4. The van der Waals surface area contributed by atoms with Gasteiger partial charge in [0.05, 0.1) is 11.7 Å². The maximum absolute atomic E-state index is 3.89. The van der Waals surface area contributed by atoms with Gasteiger partial charge < -0.3 is 5.32 Å². The Morgan fingerprint density at radius 1 is 1.45 bits per heavy atom. The first-order chi connectivity index (χ1) is 5.42. The monoisotopic (exact) mass is 148 g/mol. The average molecular weight is 148 g/mol. The quantitative estimate of drug-likeness (QED) is 0.649. The number of rotatable bonds is 1. The van der Waals surface area contributed by atoms with Crippen LogP contribution in [0.5, 0.6) is 0 Å². The number of hydrogen-bond acceptors (Lipinski definition) is 3. The molecule has 0 atom stereocenters. The molecular weight excluding hydrogens is 140 g/mol. The number of nitrogens with one attached hydrogen (secondary N) is 1. The Morgan fingerprint density at radius 2 is 2.36 bits per heavy atom. The van der Waals surface area contributed by atoms with Crippen LogP contribution in [-0.2, 0) is 0 Å². The van der Waals surface area contributed by atoms with Crippen LogP contribution < -0.4 is 5.32 Å². The van der Waals surface area contributed by atoms with E-state index in [4.69, 9.17) is 0 Å². The molecule has 0 saturated heterocycles. The number of pyridine rings is 1. The van der Waals surface area contributed by atoms with Gasteiger partial charge in [-0.1, -0.05) is 11.3 Å². The van der Waals surface area contributed by atoms with Crippen molar-refractivity contribution in [1.29, 1.82) is 0 Å². The van der Waals surface area contributed by atoms with Gasteiger partial charge in [0.15, 0.2) is 0 Å². The molecule has 11 heavy (non-hydrogen) atoms. The molecule has 0 aliphatic heterocycles. The summed E-state index contributed by atoms with van der Waals surface area (Å²) in [5, 5.41) is 10.7. The third-order valence-corrected chi connectivity index (χ3v) is 1.58. The molecule has 2 aromatic rings. The topological polar surface area (TPSA) is 42.2 Å². The van der Waals surface area contributed by atoms with Crippen molar-refractivity contribution in [1.82, 2.24) is 14.8 Å². The van der Waals surface area contributed by atoms with E-state index in [2.05, 4.69) is 15.6 Å². The first kappa shape index (κ1) is 6.15. The van der Waals surface area contributed by atoms with Gasteiger partial charge in [-0.05, 0) is 12.1 Å². The van der Waals surface area contributed by atoms with E-state index in [0.29, 0.717) is 0 Å². The highest BCUT2D eigenvalue weighted by Gasteiger charge is 1.96. The summed E-state index contributed by atoms with van der Waals surface area (Å²) < 4.78 is 1.75. The van der Waals surface area contributed by atoms with E-state index in [1.54, 1.807) is 10.7 Å². The molecule has 4 heteroatoms. The lowest BCUT2D eigenvalue weighted by atomic mass is 10.4. The number of nitrogens with zero attached hydrogens (tertiary/aromatic N) is 3. The summed E-state index contributed by atoms with van der Waals surface area (Å²) in [4.78, 5) is 0. The maximum atomic E-state index is 3.89. The van der Waals surface area contributed by atoms with Crippen molar-refractivity contribution in [2.24, 2.45) is 0 Å². The number of fused-ring (bicyclic) bond motifs is 1. The Bertz CT molecular complexity index is 365. The molecule has 4 nitrogen and oxygen atoms in total. The van der Waals surface area contributed by atoms with Crippen molar-refractivity contribution in [2.75, 3.05) is 12.4 Å². The van der Waals surface area contributed by atoms with Gasteiger partial charge in [0.1, 0.15) is 5.82 Å². The standard InChI is InChI=1S/C7H8N4/c1-8-7-4-2-3-6-5-9-10-11(6)7/h2-5,8H,1H3. The second-order valence-electron chi connectivity index (χ2n) is 2.23. The fourth-order valence-corrected chi connectivity index (χ4v) is 1.04. The zero-order chi connectivity index (χ0) is 7.68. The molecule has 0 spiro atoms. The fourth-order valence-electron chi connectivity index (χ4n) is 1.04. The Labute approximate surface area is 63.8 Å². The van der Waals surface area contributed by atoms with Gasteiger partial charge in [0, 0.05) is 7.05 Å². The SMILES string of the molecule is CNc1cccc2cnnn12.